The topological polar surface area (TPSA) is 117 Å². The van der Waals surface area contributed by atoms with Gasteiger partial charge in [-0.2, -0.15) is 26.3 Å². The highest BCUT2D eigenvalue weighted by molar-refractivity contribution is 7.92. The number of nitrogens with one attached hydrogen (secondary N) is 1. The summed E-state index contributed by atoms with van der Waals surface area (Å²) in [6.45, 7) is -0.0912. The van der Waals surface area contributed by atoms with Crippen LogP contribution in [0.1, 0.15) is 38.7 Å². The number of alkyl halides is 7. The van der Waals surface area contributed by atoms with Crippen molar-refractivity contribution in [2.75, 3.05) is 24.6 Å². The maximum Gasteiger partial charge on any atom is 0.430 e. The summed E-state index contributed by atoms with van der Waals surface area (Å²) in [7, 11) is -3.32. The van der Waals surface area contributed by atoms with Crippen molar-refractivity contribution in [3.05, 3.63) is 38.4 Å². The Labute approximate surface area is 241 Å². The lowest BCUT2D eigenvalue weighted by Crippen LogP contribution is -2.54. The van der Waals surface area contributed by atoms with Crippen molar-refractivity contribution in [1.82, 2.24) is 15.2 Å². The van der Waals surface area contributed by atoms with Gasteiger partial charge in [0.25, 0.3) is 17.4 Å². The summed E-state index contributed by atoms with van der Waals surface area (Å²) >= 11 is 12.5. The summed E-state index contributed by atoms with van der Waals surface area (Å²) in [5, 5.41) is 9.57. The van der Waals surface area contributed by atoms with Crippen molar-refractivity contribution in [2.24, 2.45) is 0 Å². The first-order valence-corrected chi connectivity index (χ1v) is 15.0. The molecule has 2 aromatic rings. The van der Waals surface area contributed by atoms with Gasteiger partial charge in [-0.25, -0.2) is 17.8 Å². The Kier molecular flexibility index (Phi) is 8.36. The molecule has 19 heteroatoms. The number of likely N-dealkylation sites (tertiary alicyclic amines) is 1. The molecule has 2 saturated heterocycles. The van der Waals surface area contributed by atoms with Gasteiger partial charge in [-0.05, 0) is 12.8 Å². The van der Waals surface area contributed by atoms with Gasteiger partial charge >= 0.3 is 12.4 Å². The lowest BCUT2D eigenvalue weighted by Gasteiger charge is -2.33. The first kappa shape index (κ1) is 31.7. The molecule has 0 atom stereocenters. The number of sulfone groups is 1. The molecule has 2 fully saturated rings. The van der Waals surface area contributed by atoms with E-state index in [-0.39, 0.29) is 53.9 Å². The van der Waals surface area contributed by atoms with Gasteiger partial charge in [0.1, 0.15) is 11.9 Å². The van der Waals surface area contributed by atoms with Gasteiger partial charge in [0.2, 0.25) is 0 Å². The number of hydrogen-bond donors (Lipinski definition) is 2. The van der Waals surface area contributed by atoms with E-state index in [1.807, 2.05) is 0 Å². The van der Waals surface area contributed by atoms with Crippen LogP contribution in [0.5, 0.6) is 0 Å². The average Bonchev–Trinajstić information content (AvgIpc) is 3.28. The van der Waals surface area contributed by atoms with Crippen LogP contribution < -0.4 is 5.32 Å². The van der Waals surface area contributed by atoms with E-state index < -0.39 is 78.1 Å². The maximum absolute atomic E-state index is 13.6. The van der Waals surface area contributed by atoms with Crippen LogP contribution in [0.2, 0.25) is 10.0 Å². The van der Waals surface area contributed by atoms with Crippen molar-refractivity contribution in [1.29, 1.82) is 0 Å². The minimum absolute atomic E-state index is 0.0105. The second-order valence-electron chi connectivity index (χ2n) is 9.41. The van der Waals surface area contributed by atoms with Crippen molar-refractivity contribution >= 4 is 56.2 Å². The predicted molar refractivity (Wildman–Crippen MR) is 134 cm³/mol. The molecule has 3 heterocycles. The summed E-state index contributed by atoms with van der Waals surface area (Å²) in [5.74, 6) is -2.41. The van der Waals surface area contributed by atoms with E-state index in [9.17, 15) is 53.8 Å². The third-order valence-electron chi connectivity index (χ3n) is 6.52. The molecule has 0 spiro atoms. The van der Waals surface area contributed by atoms with Gasteiger partial charge in [0, 0.05) is 24.2 Å². The van der Waals surface area contributed by atoms with Crippen molar-refractivity contribution in [2.45, 2.75) is 43.0 Å². The molecule has 1 aromatic heterocycles. The molecular weight excluding hydrogens is 654 g/mol. The van der Waals surface area contributed by atoms with Gasteiger partial charge in [-0.1, -0.05) is 35.3 Å². The molecule has 0 unspecified atom stereocenters. The second kappa shape index (κ2) is 10.8. The monoisotopic (exact) mass is 671 g/mol. The zero-order valence-corrected chi connectivity index (χ0v) is 23.4. The molecule has 0 saturated carbocycles. The number of amides is 2. The molecule has 2 aliphatic rings. The molecule has 226 valence electrons. The largest absolute Gasteiger partial charge is 0.430 e. The molecule has 4 rings (SSSR count). The number of piperidine rings is 1. The number of aromatic nitrogens is 1. The van der Waals surface area contributed by atoms with E-state index in [0.717, 1.165) is 0 Å². The van der Waals surface area contributed by atoms with E-state index in [2.05, 4.69) is 10.3 Å². The fraction of sp³-hybridized carbons (Fsp3) is 0.500. The summed E-state index contributed by atoms with van der Waals surface area (Å²) in [6.07, 6.45) is -13.7. The summed E-state index contributed by atoms with van der Waals surface area (Å²) < 4.78 is 117. The summed E-state index contributed by atoms with van der Waals surface area (Å²) in [4.78, 5) is 31.1. The van der Waals surface area contributed by atoms with Gasteiger partial charge < -0.3 is 15.3 Å². The normalized spacial score (nSPS) is 18.7. The van der Waals surface area contributed by atoms with Gasteiger partial charge in [0.05, 0.1) is 32.5 Å². The molecule has 2 N–H and O–H groups in total. The molecule has 0 aliphatic carbocycles. The standard InChI is InChI=1S/C22H18Cl2F7N3O5S2/c23-13-11(1-2-12(14(13)24)20(37,21(26,27)28)22(29,30)31)16-15(19(36)34-5-3-9(25)4-6-34)33-18(40-16)17(35)32-10-7-41(38,39)8-10/h1-2,9-10,37H,3-8H2,(H,32,35). The fourth-order valence-electron chi connectivity index (χ4n) is 4.31. The highest BCUT2D eigenvalue weighted by Crippen LogP contribution is 2.54. The highest BCUT2D eigenvalue weighted by atomic mass is 35.5. The van der Waals surface area contributed by atoms with Crippen molar-refractivity contribution in [3.8, 4) is 10.4 Å². The number of rotatable bonds is 5. The van der Waals surface area contributed by atoms with Crippen LogP contribution in [-0.2, 0) is 15.4 Å². The Hall–Kier alpha value is -2.21. The summed E-state index contributed by atoms with van der Waals surface area (Å²) in [6, 6.07) is 0.151. The quantitative estimate of drug-likeness (QED) is 0.452. The Morgan fingerprint density at radius 2 is 1.59 bits per heavy atom. The summed E-state index contributed by atoms with van der Waals surface area (Å²) in [5.41, 5.74) is -8.05. The van der Waals surface area contributed by atoms with Gasteiger partial charge in [0.15, 0.2) is 14.8 Å². The second-order valence-corrected chi connectivity index (χ2v) is 13.3. The molecule has 2 aliphatic heterocycles. The maximum atomic E-state index is 13.6. The molecule has 2 amide bonds. The minimum Gasteiger partial charge on any atom is -0.369 e. The number of nitrogens with zero attached hydrogens (tertiary/aromatic N) is 2. The predicted octanol–water partition coefficient (Wildman–Crippen LogP) is 4.53. The van der Waals surface area contributed by atoms with Crippen LogP contribution in [0.15, 0.2) is 12.1 Å². The number of benzene rings is 1. The van der Waals surface area contributed by atoms with Gasteiger partial charge in [-0.3, -0.25) is 9.59 Å². The van der Waals surface area contributed by atoms with Crippen molar-refractivity contribution in [3.63, 3.8) is 0 Å². The zero-order valence-electron chi connectivity index (χ0n) is 20.2. The van der Waals surface area contributed by atoms with E-state index in [4.69, 9.17) is 23.2 Å². The minimum atomic E-state index is -6.26. The lowest BCUT2D eigenvalue weighted by molar-refractivity contribution is -0.376. The average molecular weight is 672 g/mol. The van der Waals surface area contributed by atoms with Crippen LogP contribution >= 0.6 is 34.5 Å². The molecule has 8 nitrogen and oxygen atoms in total. The number of hydrogen-bond acceptors (Lipinski definition) is 7. The molecule has 0 bridgehead atoms. The molecular formula is C22H18Cl2F7N3O5S2. The van der Waals surface area contributed by atoms with E-state index in [0.29, 0.717) is 17.4 Å². The number of aliphatic hydroxyl groups is 1. The molecule has 0 radical (unpaired) electrons. The molecule has 41 heavy (non-hydrogen) atoms. The van der Waals surface area contributed by atoms with E-state index in [1.54, 1.807) is 0 Å². The lowest BCUT2D eigenvalue weighted by atomic mass is 9.91. The van der Waals surface area contributed by atoms with E-state index >= 15 is 0 Å². The van der Waals surface area contributed by atoms with Crippen LogP contribution in [0.3, 0.4) is 0 Å². The number of halogens is 9. The third kappa shape index (κ3) is 5.87. The molecule has 1 aromatic carbocycles. The number of carbonyl (C=O) groups excluding carboxylic acids is 2. The Morgan fingerprint density at radius 3 is 2.10 bits per heavy atom. The van der Waals surface area contributed by atoms with Crippen LogP contribution in [0.25, 0.3) is 10.4 Å². The first-order valence-electron chi connectivity index (χ1n) is 11.6. The zero-order chi connectivity index (χ0) is 30.7. The number of carbonyl (C=O) groups is 2. The fourth-order valence-corrected chi connectivity index (χ4v) is 7.21. The van der Waals surface area contributed by atoms with Gasteiger partial charge in [-0.15, -0.1) is 11.3 Å². The Morgan fingerprint density at radius 1 is 1.02 bits per heavy atom. The SMILES string of the molecule is O=C(NC1CS(=O)(=O)C1)c1nc(C(=O)N2CCC(F)CC2)c(-c2ccc(C(O)(C(F)(F)F)C(F)(F)F)c(Cl)c2Cl)s1. The smallest absolute Gasteiger partial charge is 0.369 e. The Balaban J connectivity index is 1.80. The third-order valence-corrected chi connectivity index (χ3v) is 10.3. The van der Waals surface area contributed by atoms with Crippen molar-refractivity contribution < 1.29 is 53.8 Å². The Bertz CT molecular complexity index is 1460. The van der Waals surface area contributed by atoms with Crippen LogP contribution in [0, 0.1) is 0 Å². The highest BCUT2D eigenvalue weighted by Gasteiger charge is 2.72. The van der Waals surface area contributed by atoms with Crippen LogP contribution in [-0.4, -0.2) is 84.4 Å². The first-order chi connectivity index (χ1) is 18.8. The van der Waals surface area contributed by atoms with E-state index in [1.165, 1.54) is 4.90 Å². The van der Waals surface area contributed by atoms with Crippen LogP contribution in [0.4, 0.5) is 30.7 Å². The number of thiazole rings is 1.